The molecule has 1 atom stereocenters. The van der Waals surface area contributed by atoms with Crippen LogP contribution in [0.2, 0.25) is 0 Å². The van der Waals surface area contributed by atoms with E-state index < -0.39 is 0 Å². The van der Waals surface area contributed by atoms with Gasteiger partial charge in [0.1, 0.15) is 5.75 Å². The molecule has 1 rings (SSSR count). The van der Waals surface area contributed by atoms with Crippen molar-refractivity contribution in [3.05, 3.63) is 29.8 Å². The van der Waals surface area contributed by atoms with Gasteiger partial charge in [-0.25, -0.2) is 4.99 Å². The lowest BCUT2D eigenvalue weighted by Crippen LogP contribution is -2.42. The average Bonchev–Trinajstić information content (AvgIpc) is 2.63. The Hall–Kier alpha value is -1.02. The highest BCUT2D eigenvalue weighted by Gasteiger charge is 2.06. The molecule has 0 aliphatic heterocycles. The largest absolute Gasteiger partial charge is 0.497 e. The van der Waals surface area contributed by atoms with Crippen LogP contribution in [0.25, 0.3) is 0 Å². The van der Waals surface area contributed by atoms with Crippen LogP contribution in [-0.4, -0.2) is 50.2 Å². The van der Waals surface area contributed by atoms with E-state index in [1.807, 2.05) is 18.2 Å². The van der Waals surface area contributed by atoms with Crippen molar-refractivity contribution in [2.24, 2.45) is 4.99 Å². The molecule has 0 aromatic heterocycles. The Bertz CT molecular complexity index is 506. The van der Waals surface area contributed by atoms with Gasteiger partial charge >= 0.3 is 0 Å². The van der Waals surface area contributed by atoms with Gasteiger partial charge in [0.15, 0.2) is 5.96 Å². The molecule has 1 aromatic carbocycles. The summed E-state index contributed by atoms with van der Waals surface area (Å²) in [4.78, 5) is 7.17. The first-order valence-corrected chi connectivity index (χ1v) is 9.52. The van der Waals surface area contributed by atoms with E-state index >= 15 is 0 Å². The SMILES string of the molecule is CCNC(=NCc1cccc(OC)c1)NC(C)CCCN(CC)CC.I. The van der Waals surface area contributed by atoms with E-state index in [1.165, 1.54) is 6.42 Å². The van der Waals surface area contributed by atoms with Crippen molar-refractivity contribution in [3.63, 3.8) is 0 Å². The van der Waals surface area contributed by atoms with E-state index in [2.05, 4.69) is 49.3 Å². The number of nitrogens with zero attached hydrogens (tertiary/aromatic N) is 2. The molecule has 0 heterocycles. The molecule has 0 saturated carbocycles. The summed E-state index contributed by atoms with van der Waals surface area (Å²) in [6.45, 7) is 13.7. The van der Waals surface area contributed by atoms with Gasteiger partial charge in [0.05, 0.1) is 13.7 Å². The smallest absolute Gasteiger partial charge is 0.191 e. The molecule has 6 heteroatoms. The molecule has 0 fully saturated rings. The maximum absolute atomic E-state index is 5.27. The summed E-state index contributed by atoms with van der Waals surface area (Å²) < 4.78 is 5.27. The molecule has 0 bridgehead atoms. The highest BCUT2D eigenvalue weighted by Crippen LogP contribution is 2.13. The highest BCUT2D eigenvalue weighted by atomic mass is 127. The summed E-state index contributed by atoms with van der Waals surface area (Å²) in [5.74, 6) is 1.75. The van der Waals surface area contributed by atoms with Gasteiger partial charge in [0.25, 0.3) is 0 Å². The van der Waals surface area contributed by atoms with Crippen LogP contribution in [0.1, 0.15) is 46.1 Å². The summed E-state index contributed by atoms with van der Waals surface area (Å²) in [6.07, 6.45) is 2.34. The molecule has 0 aliphatic rings. The number of hydrogen-bond donors (Lipinski definition) is 2. The minimum absolute atomic E-state index is 0. The van der Waals surface area contributed by atoms with Gasteiger partial charge in [0.2, 0.25) is 0 Å². The molecule has 0 saturated heterocycles. The Morgan fingerprint density at radius 2 is 1.96 bits per heavy atom. The van der Waals surface area contributed by atoms with Crippen LogP contribution in [0.3, 0.4) is 0 Å². The fourth-order valence-electron chi connectivity index (χ4n) is 2.73. The number of guanidine groups is 1. The first-order valence-electron chi connectivity index (χ1n) is 9.52. The van der Waals surface area contributed by atoms with Gasteiger partial charge in [0, 0.05) is 12.6 Å². The standard InChI is InChI=1S/C20H36N4O.HI/c1-6-21-20(22-16-18-12-9-13-19(15-18)25-5)23-17(4)11-10-14-24(7-2)8-3;/h9,12-13,15,17H,6-8,10-11,14,16H2,1-5H3,(H2,21,22,23);1H. The van der Waals surface area contributed by atoms with Crippen LogP contribution >= 0.6 is 24.0 Å². The second-order valence-electron chi connectivity index (χ2n) is 6.26. The quantitative estimate of drug-likeness (QED) is 0.289. The Labute approximate surface area is 177 Å². The number of hydrogen-bond acceptors (Lipinski definition) is 3. The Morgan fingerprint density at radius 1 is 1.23 bits per heavy atom. The number of rotatable bonds is 11. The van der Waals surface area contributed by atoms with Crippen LogP contribution in [0.4, 0.5) is 0 Å². The minimum atomic E-state index is 0. The van der Waals surface area contributed by atoms with Gasteiger partial charge in [-0.3, -0.25) is 0 Å². The molecule has 0 amide bonds. The number of methoxy groups -OCH3 is 1. The predicted octanol–water partition coefficient (Wildman–Crippen LogP) is 3.88. The lowest BCUT2D eigenvalue weighted by molar-refractivity contribution is 0.292. The number of ether oxygens (including phenoxy) is 1. The molecular weight excluding hydrogens is 439 g/mol. The molecule has 26 heavy (non-hydrogen) atoms. The van der Waals surface area contributed by atoms with Crippen LogP contribution in [-0.2, 0) is 6.54 Å². The fraction of sp³-hybridized carbons (Fsp3) is 0.650. The van der Waals surface area contributed by atoms with Crippen molar-refractivity contribution in [1.82, 2.24) is 15.5 Å². The summed E-state index contributed by atoms with van der Waals surface area (Å²) >= 11 is 0. The average molecular weight is 476 g/mol. The van der Waals surface area contributed by atoms with Crippen LogP contribution in [0.5, 0.6) is 5.75 Å². The summed E-state index contributed by atoms with van der Waals surface area (Å²) in [6, 6.07) is 8.46. The maximum atomic E-state index is 5.27. The van der Waals surface area contributed by atoms with Crippen molar-refractivity contribution in [2.75, 3.05) is 33.3 Å². The molecule has 150 valence electrons. The first-order chi connectivity index (χ1) is 12.1. The van der Waals surface area contributed by atoms with E-state index in [4.69, 9.17) is 9.73 Å². The van der Waals surface area contributed by atoms with Gasteiger partial charge in [-0.1, -0.05) is 26.0 Å². The number of benzene rings is 1. The maximum Gasteiger partial charge on any atom is 0.191 e. The minimum Gasteiger partial charge on any atom is -0.497 e. The highest BCUT2D eigenvalue weighted by molar-refractivity contribution is 14.0. The van der Waals surface area contributed by atoms with E-state index in [-0.39, 0.29) is 24.0 Å². The zero-order chi connectivity index (χ0) is 18.5. The summed E-state index contributed by atoms with van der Waals surface area (Å²) in [5, 5.41) is 6.85. The van der Waals surface area contributed by atoms with Crippen molar-refractivity contribution in [3.8, 4) is 5.75 Å². The van der Waals surface area contributed by atoms with E-state index in [0.29, 0.717) is 12.6 Å². The van der Waals surface area contributed by atoms with Crippen LogP contribution in [0.15, 0.2) is 29.3 Å². The molecule has 0 radical (unpaired) electrons. The third-order valence-electron chi connectivity index (χ3n) is 4.29. The molecule has 5 nitrogen and oxygen atoms in total. The number of aliphatic imine (C=N–C) groups is 1. The third kappa shape index (κ3) is 10.2. The second kappa shape index (κ2) is 15.1. The molecule has 2 N–H and O–H groups in total. The van der Waals surface area contributed by atoms with E-state index in [0.717, 1.165) is 49.9 Å². The predicted molar refractivity (Wildman–Crippen MR) is 123 cm³/mol. The zero-order valence-electron chi connectivity index (χ0n) is 17.0. The first kappa shape index (κ1) is 25.0. The zero-order valence-corrected chi connectivity index (χ0v) is 19.4. The van der Waals surface area contributed by atoms with Gasteiger partial charge in [-0.2, -0.15) is 0 Å². The van der Waals surface area contributed by atoms with Crippen LogP contribution < -0.4 is 15.4 Å². The van der Waals surface area contributed by atoms with Crippen molar-refractivity contribution >= 4 is 29.9 Å². The monoisotopic (exact) mass is 476 g/mol. The lowest BCUT2D eigenvalue weighted by atomic mass is 10.2. The second-order valence-corrected chi connectivity index (χ2v) is 6.26. The number of halogens is 1. The summed E-state index contributed by atoms with van der Waals surface area (Å²) in [7, 11) is 1.69. The van der Waals surface area contributed by atoms with Crippen molar-refractivity contribution in [2.45, 2.75) is 53.1 Å². The molecule has 0 spiro atoms. The van der Waals surface area contributed by atoms with Crippen molar-refractivity contribution in [1.29, 1.82) is 0 Å². The van der Waals surface area contributed by atoms with Gasteiger partial charge in [-0.15, -0.1) is 24.0 Å². The Balaban J connectivity index is 0.00000625. The third-order valence-corrected chi connectivity index (χ3v) is 4.29. The topological polar surface area (TPSA) is 48.9 Å². The van der Waals surface area contributed by atoms with E-state index in [1.54, 1.807) is 7.11 Å². The molecule has 1 unspecified atom stereocenters. The molecular formula is C20H37IN4O. The Kier molecular flexibility index (Phi) is 14.5. The van der Waals surface area contributed by atoms with Gasteiger partial charge < -0.3 is 20.3 Å². The number of nitrogens with one attached hydrogen (secondary N) is 2. The Morgan fingerprint density at radius 3 is 2.58 bits per heavy atom. The molecule has 0 aliphatic carbocycles. The normalized spacial score (nSPS) is 12.5. The van der Waals surface area contributed by atoms with Crippen molar-refractivity contribution < 1.29 is 4.74 Å². The van der Waals surface area contributed by atoms with E-state index in [9.17, 15) is 0 Å². The van der Waals surface area contributed by atoms with Gasteiger partial charge in [-0.05, 0) is 64.0 Å². The summed E-state index contributed by atoms with van der Waals surface area (Å²) in [5.41, 5.74) is 1.14. The lowest BCUT2D eigenvalue weighted by Gasteiger charge is -2.21. The fourth-order valence-corrected chi connectivity index (χ4v) is 2.73. The van der Waals surface area contributed by atoms with Crippen LogP contribution in [0, 0.1) is 0 Å². The molecule has 1 aromatic rings.